The zero-order valence-electron chi connectivity index (χ0n) is 17.9. The second-order valence-corrected chi connectivity index (χ2v) is 10.3. The Morgan fingerprint density at radius 3 is 2.33 bits per heavy atom. The number of amides is 1. The van der Waals surface area contributed by atoms with Crippen LogP contribution in [0.4, 0.5) is 19.0 Å². The minimum Gasteiger partial charge on any atom is -0.355 e. The zero-order valence-corrected chi connectivity index (χ0v) is 20.2. The molecule has 0 radical (unpaired) electrons. The van der Waals surface area contributed by atoms with Crippen LogP contribution in [0, 0.1) is 0 Å². The summed E-state index contributed by atoms with van der Waals surface area (Å²) in [6, 6.07) is 5.68. The number of carbonyl (C=O) groups excluding carboxylic acids is 1. The van der Waals surface area contributed by atoms with E-state index in [4.69, 9.17) is 34.8 Å². The lowest BCUT2D eigenvalue weighted by Gasteiger charge is -2.45. The van der Waals surface area contributed by atoms with Gasteiger partial charge in [-0.25, -0.2) is 4.98 Å². The Morgan fingerprint density at radius 2 is 1.76 bits per heavy atom. The third kappa shape index (κ3) is 4.76. The molecular weight excluding hydrogens is 500 g/mol. The number of nitrogens with one attached hydrogen (secondary N) is 1. The summed E-state index contributed by atoms with van der Waals surface area (Å²) in [5.74, 6) is 0.101. The van der Waals surface area contributed by atoms with Gasteiger partial charge in [0.15, 0.2) is 0 Å². The van der Waals surface area contributed by atoms with E-state index in [1.54, 1.807) is 23.1 Å². The summed E-state index contributed by atoms with van der Waals surface area (Å²) in [6.07, 6.45) is -2.65. The predicted molar refractivity (Wildman–Crippen MR) is 123 cm³/mol. The summed E-state index contributed by atoms with van der Waals surface area (Å²) < 4.78 is 38.8. The van der Waals surface area contributed by atoms with Crippen molar-refractivity contribution in [1.29, 1.82) is 0 Å². The first-order valence-electron chi connectivity index (χ1n) is 10.4. The van der Waals surface area contributed by atoms with Gasteiger partial charge < -0.3 is 9.80 Å². The molecule has 178 valence electrons. The van der Waals surface area contributed by atoms with Crippen molar-refractivity contribution < 1.29 is 18.0 Å². The number of nitrogens with zero attached hydrogens (tertiary/aromatic N) is 3. The number of alkyl halides is 3. The summed E-state index contributed by atoms with van der Waals surface area (Å²) in [7, 11) is 0. The third-order valence-corrected chi connectivity index (χ3v) is 6.91. The molecule has 1 aromatic carbocycles. The molecule has 2 saturated heterocycles. The molecule has 2 aromatic rings. The Labute approximate surface area is 204 Å². The smallest absolute Gasteiger partial charge is 0.355 e. The molecule has 0 aliphatic carbocycles. The number of aromatic nitrogens is 1. The van der Waals surface area contributed by atoms with E-state index >= 15 is 0 Å². The van der Waals surface area contributed by atoms with E-state index in [-0.39, 0.29) is 21.5 Å². The van der Waals surface area contributed by atoms with Crippen LogP contribution in [0.25, 0.3) is 0 Å². The highest BCUT2D eigenvalue weighted by Gasteiger charge is 2.52. The number of anilines is 1. The molecule has 1 N–H and O–H groups in total. The number of hydrogen-bond acceptors (Lipinski definition) is 4. The molecule has 5 nitrogen and oxygen atoms in total. The molecule has 1 spiro atoms. The van der Waals surface area contributed by atoms with Crippen molar-refractivity contribution in [3.8, 4) is 0 Å². The Morgan fingerprint density at radius 1 is 1.09 bits per heavy atom. The van der Waals surface area contributed by atoms with Gasteiger partial charge in [0.2, 0.25) is 0 Å². The Kier molecular flexibility index (Phi) is 6.27. The first-order chi connectivity index (χ1) is 15.3. The summed E-state index contributed by atoms with van der Waals surface area (Å²) >= 11 is 18.4. The lowest BCUT2D eigenvalue weighted by Crippen LogP contribution is -2.60. The minimum atomic E-state index is -4.51. The molecule has 0 unspecified atom stereocenters. The summed E-state index contributed by atoms with van der Waals surface area (Å²) in [5.41, 5.74) is -1.48. The Balaban J connectivity index is 1.57. The predicted octanol–water partition coefficient (Wildman–Crippen LogP) is 5.88. The van der Waals surface area contributed by atoms with Crippen molar-refractivity contribution in [2.75, 3.05) is 24.5 Å². The van der Waals surface area contributed by atoms with E-state index in [1.807, 2.05) is 18.7 Å². The summed E-state index contributed by atoms with van der Waals surface area (Å²) in [4.78, 5) is 21.1. The molecule has 1 aromatic heterocycles. The first kappa shape index (κ1) is 24.4. The number of halogens is 6. The highest BCUT2D eigenvalue weighted by molar-refractivity contribution is 6.36. The van der Waals surface area contributed by atoms with Crippen molar-refractivity contribution in [2.24, 2.45) is 0 Å². The largest absolute Gasteiger partial charge is 0.417 e. The number of piperidine rings is 1. The number of rotatable bonds is 2. The molecule has 0 saturated carbocycles. The van der Waals surface area contributed by atoms with Crippen LogP contribution in [0.1, 0.15) is 42.6 Å². The zero-order chi connectivity index (χ0) is 24.2. The fourth-order valence-electron chi connectivity index (χ4n) is 4.66. The summed E-state index contributed by atoms with van der Waals surface area (Å²) in [5, 5.41) is 4.27. The highest BCUT2D eigenvalue weighted by Crippen LogP contribution is 2.40. The molecule has 2 fully saturated rings. The van der Waals surface area contributed by atoms with Gasteiger partial charge in [-0.15, -0.1) is 0 Å². The third-order valence-electron chi connectivity index (χ3n) is 6.09. The van der Waals surface area contributed by atoms with E-state index in [0.29, 0.717) is 48.9 Å². The molecule has 2 aliphatic heterocycles. The Hall–Kier alpha value is -1.74. The van der Waals surface area contributed by atoms with Gasteiger partial charge in [0.25, 0.3) is 5.91 Å². The second-order valence-electron chi connectivity index (χ2n) is 9.07. The van der Waals surface area contributed by atoms with Crippen molar-refractivity contribution in [1.82, 2.24) is 15.2 Å². The molecule has 11 heteroatoms. The van der Waals surface area contributed by atoms with Gasteiger partial charge >= 0.3 is 6.18 Å². The topological polar surface area (TPSA) is 48.5 Å². The van der Waals surface area contributed by atoms with Gasteiger partial charge in [-0.05, 0) is 38.1 Å². The Bertz CT molecular complexity index is 1090. The molecule has 3 heterocycles. The number of hydrogen-bond donors (Lipinski definition) is 1. The molecular formula is C22H22Cl3F3N4O. The fourth-order valence-corrected chi connectivity index (χ4v) is 5.43. The molecule has 0 atom stereocenters. The van der Waals surface area contributed by atoms with Crippen LogP contribution in [0.5, 0.6) is 0 Å². The number of carbonyl (C=O) groups is 1. The molecule has 2 aliphatic rings. The van der Waals surface area contributed by atoms with E-state index in [2.05, 4.69) is 10.3 Å². The average Bonchev–Trinajstić information content (AvgIpc) is 2.98. The standard InChI is InChI=1S/C22H22Cl3F3N4O/c1-20(2)12-32(19(33)15-4-3-14(23)10-16(15)24)21(30-20)5-7-31(8-6-21)18-17(25)9-13(11-29-18)22(26,27)28/h3-4,9-11,30H,5-8,12H2,1-2H3. The van der Waals surface area contributed by atoms with Gasteiger partial charge in [0.1, 0.15) is 5.82 Å². The highest BCUT2D eigenvalue weighted by atomic mass is 35.5. The van der Waals surface area contributed by atoms with Crippen LogP contribution >= 0.6 is 34.8 Å². The van der Waals surface area contributed by atoms with Gasteiger partial charge in [0.05, 0.1) is 26.8 Å². The van der Waals surface area contributed by atoms with Crippen LogP contribution in [-0.2, 0) is 6.18 Å². The average molecular weight is 522 g/mol. The van der Waals surface area contributed by atoms with Gasteiger partial charge in [-0.2, -0.15) is 13.2 Å². The first-order valence-corrected chi connectivity index (χ1v) is 11.5. The molecule has 1 amide bonds. The van der Waals surface area contributed by atoms with Crippen molar-refractivity contribution in [3.05, 3.63) is 56.7 Å². The minimum absolute atomic E-state index is 0.0543. The van der Waals surface area contributed by atoms with Crippen LogP contribution in [-0.4, -0.2) is 46.6 Å². The van der Waals surface area contributed by atoms with Gasteiger partial charge in [0, 0.05) is 49.2 Å². The molecule has 4 rings (SSSR count). The summed E-state index contributed by atoms with van der Waals surface area (Å²) in [6.45, 7) is 5.43. The van der Waals surface area contributed by atoms with E-state index < -0.39 is 17.4 Å². The molecule has 0 bridgehead atoms. The maximum Gasteiger partial charge on any atom is 0.417 e. The monoisotopic (exact) mass is 520 g/mol. The van der Waals surface area contributed by atoms with Crippen LogP contribution < -0.4 is 10.2 Å². The number of pyridine rings is 1. The van der Waals surface area contributed by atoms with Crippen LogP contribution in [0.2, 0.25) is 15.1 Å². The normalized spacial score (nSPS) is 19.9. The van der Waals surface area contributed by atoms with Gasteiger partial charge in [-0.3, -0.25) is 10.1 Å². The van der Waals surface area contributed by atoms with Crippen molar-refractivity contribution >= 4 is 46.5 Å². The quantitative estimate of drug-likeness (QED) is 0.536. The maximum atomic E-state index is 13.5. The van der Waals surface area contributed by atoms with Crippen LogP contribution in [0.3, 0.4) is 0 Å². The molecule has 33 heavy (non-hydrogen) atoms. The van der Waals surface area contributed by atoms with E-state index in [0.717, 1.165) is 12.3 Å². The van der Waals surface area contributed by atoms with E-state index in [9.17, 15) is 18.0 Å². The van der Waals surface area contributed by atoms with Crippen LogP contribution in [0.15, 0.2) is 30.5 Å². The SMILES string of the molecule is CC1(C)CN(C(=O)c2ccc(Cl)cc2Cl)C2(CCN(c3ncc(C(F)(F)F)cc3Cl)CC2)N1. The fraction of sp³-hybridized carbons (Fsp3) is 0.455. The van der Waals surface area contributed by atoms with Crippen molar-refractivity contribution in [3.63, 3.8) is 0 Å². The van der Waals surface area contributed by atoms with E-state index in [1.165, 1.54) is 0 Å². The number of benzene rings is 1. The lowest BCUT2D eigenvalue weighted by molar-refractivity contribution is -0.137. The second kappa shape index (κ2) is 8.48. The lowest BCUT2D eigenvalue weighted by atomic mass is 9.94. The maximum absolute atomic E-state index is 13.5. The van der Waals surface area contributed by atoms with Gasteiger partial charge in [-0.1, -0.05) is 34.8 Å². The van der Waals surface area contributed by atoms with Crippen molar-refractivity contribution in [2.45, 2.75) is 44.1 Å².